The van der Waals surface area contributed by atoms with Crippen molar-refractivity contribution in [3.63, 3.8) is 0 Å². The maximum Gasteiger partial charge on any atom is 0.229 e. The Morgan fingerprint density at radius 2 is 2.08 bits per heavy atom. The van der Waals surface area contributed by atoms with Crippen molar-refractivity contribution in [1.29, 1.82) is 0 Å². The van der Waals surface area contributed by atoms with Crippen molar-refractivity contribution in [2.75, 3.05) is 19.6 Å². The molecular weight excluding hydrogens is 320 g/mol. The molecule has 132 valence electrons. The smallest absolute Gasteiger partial charge is 0.229 e. The lowest BCUT2D eigenvalue weighted by molar-refractivity contribution is -0.146. The second-order valence-electron chi connectivity index (χ2n) is 8.00. The Hall–Kier alpha value is -1.06. The molecule has 1 aromatic carbocycles. The summed E-state index contributed by atoms with van der Waals surface area (Å²) in [7, 11) is 0. The zero-order valence-corrected chi connectivity index (χ0v) is 15.4. The van der Waals surface area contributed by atoms with Crippen LogP contribution in [-0.4, -0.2) is 36.5 Å². The van der Waals surface area contributed by atoms with Crippen LogP contribution < -0.4 is 5.32 Å². The van der Waals surface area contributed by atoms with Crippen molar-refractivity contribution in [2.45, 2.75) is 45.1 Å². The molecule has 1 saturated heterocycles. The van der Waals surface area contributed by atoms with Gasteiger partial charge in [-0.1, -0.05) is 36.8 Å². The van der Waals surface area contributed by atoms with E-state index in [4.69, 9.17) is 0 Å². The molecule has 4 rings (SSSR count). The third-order valence-electron chi connectivity index (χ3n) is 6.42. The fourth-order valence-electron chi connectivity index (χ4n) is 5.39. The number of nitrogens with one attached hydrogen (secondary N) is 1. The third kappa shape index (κ3) is 3.09. The van der Waals surface area contributed by atoms with Crippen LogP contribution in [0.15, 0.2) is 30.3 Å². The lowest BCUT2D eigenvalue weighted by Gasteiger charge is -2.43. The van der Waals surface area contributed by atoms with Crippen LogP contribution in [0.4, 0.5) is 0 Å². The number of carbonyl (C=O) groups excluding carboxylic acids is 1. The highest BCUT2D eigenvalue weighted by atomic mass is 35.5. The van der Waals surface area contributed by atoms with Crippen LogP contribution in [0, 0.1) is 17.3 Å². The van der Waals surface area contributed by atoms with Crippen LogP contribution in [0.25, 0.3) is 0 Å². The second kappa shape index (κ2) is 7.05. The van der Waals surface area contributed by atoms with E-state index in [1.54, 1.807) is 0 Å². The van der Waals surface area contributed by atoms with Gasteiger partial charge in [0.25, 0.3) is 0 Å². The lowest BCUT2D eigenvalue weighted by atomic mass is 9.68. The van der Waals surface area contributed by atoms with Crippen molar-refractivity contribution in [2.24, 2.45) is 17.3 Å². The maximum absolute atomic E-state index is 13.6. The Morgan fingerprint density at radius 3 is 2.71 bits per heavy atom. The first-order valence-corrected chi connectivity index (χ1v) is 9.24. The Morgan fingerprint density at radius 1 is 1.29 bits per heavy atom. The summed E-state index contributed by atoms with van der Waals surface area (Å²) in [6, 6.07) is 11.1. The summed E-state index contributed by atoms with van der Waals surface area (Å²) < 4.78 is 0. The van der Waals surface area contributed by atoms with E-state index in [0.717, 1.165) is 38.4 Å². The zero-order valence-electron chi connectivity index (χ0n) is 14.5. The molecular formula is C20H29ClN2O. The number of rotatable bonds is 3. The molecule has 0 spiro atoms. The molecule has 1 amide bonds. The normalized spacial score (nSPS) is 34.9. The van der Waals surface area contributed by atoms with Gasteiger partial charge in [0.15, 0.2) is 0 Å². The largest absolute Gasteiger partial charge is 0.339 e. The maximum atomic E-state index is 13.6. The number of carbonyl (C=O) groups is 1. The fraction of sp³-hybridized carbons (Fsp3) is 0.650. The van der Waals surface area contributed by atoms with Crippen LogP contribution in [-0.2, 0) is 11.2 Å². The zero-order chi connectivity index (χ0) is 15.9. The van der Waals surface area contributed by atoms with Gasteiger partial charge in [0.05, 0.1) is 5.41 Å². The topological polar surface area (TPSA) is 32.3 Å². The van der Waals surface area contributed by atoms with Gasteiger partial charge in [0.2, 0.25) is 5.91 Å². The SMILES string of the molecule is CC1CN(C(=O)C2(Cc3ccccc3)CC3CCC2C3)CCN1.Cl. The van der Waals surface area contributed by atoms with Gasteiger partial charge in [-0.15, -0.1) is 12.4 Å². The fourth-order valence-corrected chi connectivity index (χ4v) is 5.39. The molecule has 0 aromatic heterocycles. The van der Waals surface area contributed by atoms with Crippen molar-refractivity contribution < 1.29 is 4.79 Å². The highest BCUT2D eigenvalue weighted by Gasteiger charge is 2.56. The van der Waals surface area contributed by atoms with Gasteiger partial charge in [0.1, 0.15) is 0 Å². The average molecular weight is 349 g/mol. The van der Waals surface area contributed by atoms with Crippen molar-refractivity contribution >= 4 is 18.3 Å². The molecule has 1 N–H and O–H groups in total. The molecule has 3 aliphatic rings. The summed E-state index contributed by atoms with van der Waals surface area (Å²) in [6.07, 6.45) is 5.92. The van der Waals surface area contributed by atoms with E-state index in [9.17, 15) is 4.79 Å². The van der Waals surface area contributed by atoms with E-state index in [-0.39, 0.29) is 17.8 Å². The van der Waals surface area contributed by atoms with Gasteiger partial charge in [-0.2, -0.15) is 0 Å². The number of hydrogen-bond donors (Lipinski definition) is 1. The summed E-state index contributed by atoms with van der Waals surface area (Å²) in [5, 5.41) is 3.46. The van der Waals surface area contributed by atoms with Gasteiger partial charge in [0, 0.05) is 25.7 Å². The van der Waals surface area contributed by atoms with Crippen molar-refractivity contribution in [1.82, 2.24) is 10.2 Å². The minimum atomic E-state index is -0.124. The Kier molecular flexibility index (Phi) is 5.22. The lowest BCUT2D eigenvalue weighted by Crippen LogP contribution is -2.56. The summed E-state index contributed by atoms with van der Waals surface area (Å²) in [5.41, 5.74) is 1.21. The van der Waals surface area contributed by atoms with E-state index < -0.39 is 0 Å². The monoisotopic (exact) mass is 348 g/mol. The highest BCUT2D eigenvalue weighted by molar-refractivity contribution is 5.85. The summed E-state index contributed by atoms with van der Waals surface area (Å²) in [6.45, 7) is 4.86. The number of piperazine rings is 1. The molecule has 4 atom stereocenters. The van der Waals surface area contributed by atoms with Crippen molar-refractivity contribution in [3.05, 3.63) is 35.9 Å². The number of fused-ring (bicyclic) bond motifs is 2. The van der Waals surface area contributed by atoms with Crippen LogP contribution in [0.3, 0.4) is 0 Å². The molecule has 1 heterocycles. The molecule has 24 heavy (non-hydrogen) atoms. The average Bonchev–Trinajstić information content (AvgIpc) is 3.16. The van der Waals surface area contributed by atoms with E-state index in [2.05, 4.69) is 47.5 Å². The number of hydrogen-bond acceptors (Lipinski definition) is 2. The first-order valence-electron chi connectivity index (χ1n) is 9.24. The van der Waals surface area contributed by atoms with E-state index in [1.165, 1.54) is 24.8 Å². The van der Waals surface area contributed by atoms with Crippen LogP contribution in [0.2, 0.25) is 0 Å². The summed E-state index contributed by atoms with van der Waals surface area (Å²) in [5.74, 6) is 1.83. The molecule has 3 nitrogen and oxygen atoms in total. The predicted molar refractivity (Wildman–Crippen MR) is 99.3 cm³/mol. The number of nitrogens with zero attached hydrogens (tertiary/aromatic N) is 1. The van der Waals surface area contributed by atoms with Crippen LogP contribution in [0.1, 0.15) is 38.2 Å². The molecule has 2 bridgehead atoms. The minimum Gasteiger partial charge on any atom is -0.339 e. The van der Waals surface area contributed by atoms with Gasteiger partial charge in [-0.25, -0.2) is 0 Å². The Balaban J connectivity index is 0.00000169. The van der Waals surface area contributed by atoms with Crippen LogP contribution >= 0.6 is 12.4 Å². The molecule has 4 heteroatoms. The van der Waals surface area contributed by atoms with E-state index in [1.807, 2.05) is 0 Å². The predicted octanol–water partition coefficient (Wildman–Crippen LogP) is 3.28. The number of amides is 1. The van der Waals surface area contributed by atoms with Gasteiger partial charge in [-0.3, -0.25) is 4.79 Å². The quantitative estimate of drug-likeness (QED) is 0.909. The Labute approximate surface area is 151 Å². The number of halogens is 1. The first-order chi connectivity index (χ1) is 11.2. The van der Waals surface area contributed by atoms with Crippen LogP contribution in [0.5, 0.6) is 0 Å². The van der Waals surface area contributed by atoms with Crippen molar-refractivity contribution in [3.8, 4) is 0 Å². The molecule has 3 fully saturated rings. The molecule has 2 aliphatic carbocycles. The Bertz CT molecular complexity index is 578. The summed E-state index contributed by atoms with van der Waals surface area (Å²) in [4.78, 5) is 15.7. The van der Waals surface area contributed by atoms with Gasteiger partial charge in [-0.05, 0) is 50.0 Å². The standard InChI is InChI=1S/C20H28N2O.ClH/c1-15-14-22(10-9-21-15)19(23)20(12-16-5-3-2-4-6-16)13-17-7-8-18(20)11-17;/h2-6,15,17-18,21H,7-14H2,1H3;1H. The molecule has 1 aromatic rings. The summed E-state index contributed by atoms with van der Waals surface area (Å²) >= 11 is 0. The third-order valence-corrected chi connectivity index (χ3v) is 6.42. The second-order valence-corrected chi connectivity index (χ2v) is 8.00. The van der Waals surface area contributed by atoms with E-state index >= 15 is 0 Å². The molecule has 4 unspecified atom stereocenters. The molecule has 0 radical (unpaired) electrons. The minimum absolute atomic E-state index is 0. The molecule has 1 aliphatic heterocycles. The van der Waals surface area contributed by atoms with Gasteiger partial charge >= 0.3 is 0 Å². The highest BCUT2D eigenvalue weighted by Crippen LogP contribution is 2.58. The van der Waals surface area contributed by atoms with E-state index in [0.29, 0.717) is 17.9 Å². The first kappa shape index (κ1) is 17.8. The van der Waals surface area contributed by atoms with Gasteiger partial charge < -0.3 is 10.2 Å². The number of benzene rings is 1. The molecule has 2 saturated carbocycles.